The van der Waals surface area contributed by atoms with Gasteiger partial charge in [0.1, 0.15) is 11.5 Å². The molecule has 33 heavy (non-hydrogen) atoms. The Bertz CT molecular complexity index is 1110. The van der Waals surface area contributed by atoms with Crippen LogP contribution in [0, 0.1) is 0 Å². The van der Waals surface area contributed by atoms with E-state index in [-0.39, 0.29) is 0 Å². The van der Waals surface area contributed by atoms with E-state index in [4.69, 9.17) is 14.6 Å². The molecule has 0 atom stereocenters. The highest BCUT2D eigenvalue weighted by Gasteiger charge is 2.08. The number of para-hydroxylation sites is 2. The minimum Gasteiger partial charge on any atom is -0.497 e. The van der Waals surface area contributed by atoms with Gasteiger partial charge in [-0.15, -0.1) is 0 Å². The quantitative estimate of drug-likeness (QED) is 0.222. The van der Waals surface area contributed by atoms with Crippen molar-refractivity contribution in [2.75, 3.05) is 19.2 Å². The number of methoxy groups -OCH3 is 2. The van der Waals surface area contributed by atoms with E-state index in [1.165, 1.54) is 0 Å². The molecule has 0 radical (unpaired) electrons. The summed E-state index contributed by atoms with van der Waals surface area (Å²) in [6.07, 6.45) is 3.87. The highest BCUT2D eigenvalue weighted by molar-refractivity contribution is 5.92. The van der Waals surface area contributed by atoms with Crippen LogP contribution in [0.2, 0.25) is 0 Å². The summed E-state index contributed by atoms with van der Waals surface area (Å²) >= 11 is 0. The maximum absolute atomic E-state index is 5.33. The molecule has 0 aliphatic heterocycles. The monoisotopic (exact) mass is 434 g/mol. The van der Waals surface area contributed by atoms with E-state index in [2.05, 4.69) is 24.3 Å². The minimum atomic E-state index is 0.820. The minimum absolute atomic E-state index is 0.820. The van der Waals surface area contributed by atoms with Gasteiger partial charge in [-0.05, 0) is 71.3 Å². The van der Waals surface area contributed by atoms with Crippen LogP contribution in [0.1, 0.15) is 11.1 Å². The SMILES string of the molecule is COc1ccc(C(=C/C=N/N(c2ccccc2)c2ccccc2)c2ccc(OC)cc2)cc1. The lowest BCUT2D eigenvalue weighted by atomic mass is 9.97. The van der Waals surface area contributed by atoms with Crippen molar-refractivity contribution in [2.45, 2.75) is 0 Å². The maximum Gasteiger partial charge on any atom is 0.118 e. The zero-order valence-electron chi connectivity index (χ0n) is 18.8. The van der Waals surface area contributed by atoms with Gasteiger partial charge in [-0.1, -0.05) is 60.7 Å². The Hall–Kier alpha value is -4.31. The predicted octanol–water partition coefficient (Wildman–Crippen LogP) is 6.96. The molecule has 0 aromatic heterocycles. The van der Waals surface area contributed by atoms with Gasteiger partial charge < -0.3 is 9.47 Å². The number of anilines is 2. The van der Waals surface area contributed by atoms with Gasteiger partial charge in [-0.3, -0.25) is 0 Å². The van der Waals surface area contributed by atoms with Crippen molar-refractivity contribution >= 4 is 23.2 Å². The molecule has 4 aromatic carbocycles. The summed E-state index contributed by atoms with van der Waals surface area (Å²) in [4.78, 5) is 0. The molecule has 4 nitrogen and oxygen atoms in total. The second-order valence-electron chi connectivity index (χ2n) is 7.28. The number of allylic oxidation sites excluding steroid dienone is 1. The number of hydrazone groups is 1. The van der Waals surface area contributed by atoms with Crippen LogP contribution >= 0.6 is 0 Å². The second-order valence-corrected chi connectivity index (χ2v) is 7.28. The fourth-order valence-corrected chi connectivity index (χ4v) is 3.50. The first-order valence-corrected chi connectivity index (χ1v) is 10.7. The van der Waals surface area contributed by atoms with Gasteiger partial charge in [-0.2, -0.15) is 5.10 Å². The number of benzene rings is 4. The number of hydrogen-bond acceptors (Lipinski definition) is 4. The highest BCUT2D eigenvalue weighted by Crippen LogP contribution is 2.28. The van der Waals surface area contributed by atoms with Crippen LogP contribution in [0.5, 0.6) is 11.5 Å². The smallest absolute Gasteiger partial charge is 0.118 e. The summed E-state index contributed by atoms with van der Waals surface area (Å²) in [6, 6.07) is 36.3. The molecule has 4 heteroatoms. The third-order valence-electron chi connectivity index (χ3n) is 5.23. The number of rotatable bonds is 8. The lowest BCUT2D eigenvalue weighted by Crippen LogP contribution is -2.08. The van der Waals surface area contributed by atoms with E-state index in [0.717, 1.165) is 39.6 Å². The van der Waals surface area contributed by atoms with E-state index < -0.39 is 0 Å². The van der Waals surface area contributed by atoms with Crippen molar-refractivity contribution in [2.24, 2.45) is 5.10 Å². The Morgan fingerprint density at radius 2 is 1.03 bits per heavy atom. The molecular formula is C29H26N2O2. The van der Waals surface area contributed by atoms with Crippen LogP contribution in [0.15, 0.2) is 120 Å². The van der Waals surface area contributed by atoms with Crippen molar-refractivity contribution in [3.05, 3.63) is 126 Å². The van der Waals surface area contributed by atoms with E-state index in [9.17, 15) is 0 Å². The third kappa shape index (κ3) is 5.49. The van der Waals surface area contributed by atoms with Crippen molar-refractivity contribution < 1.29 is 9.47 Å². The van der Waals surface area contributed by atoms with E-state index in [1.807, 2.05) is 102 Å². The van der Waals surface area contributed by atoms with Gasteiger partial charge in [0.15, 0.2) is 0 Å². The van der Waals surface area contributed by atoms with Crippen molar-refractivity contribution in [1.29, 1.82) is 0 Å². The van der Waals surface area contributed by atoms with Gasteiger partial charge >= 0.3 is 0 Å². The fraction of sp³-hybridized carbons (Fsp3) is 0.0690. The molecule has 0 spiro atoms. The summed E-state index contributed by atoms with van der Waals surface area (Å²) in [6.45, 7) is 0. The van der Waals surface area contributed by atoms with E-state index in [1.54, 1.807) is 14.2 Å². The fourth-order valence-electron chi connectivity index (χ4n) is 3.50. The Morgan fingerprint density at radius 3 is 1.42 bits per heavy atom. The zero-order valence-corrected chi connectivity index (χ0v) is 18.8. The second kappa shape index (κ2) is 10.8. The molecule has 0 saturated heterocycles. The summed E-state index contributed by atoms with van der Waals surface area (Å²) in [5, 5.41) is 6.73. The summed E-state index contributed by atoms with van der Waals surface area (Å²) < 4.78 is 10.7. The van der Waals surface area contributed by atoms with Crippen LogP contribution < -0.4 is 14.5 Å². The van der Waals surface area contributed by atoms with Gasteiger partial charge in [0.2, 0.25) is 0 Å². The van der Waals surface area contributed by atoms with Gasteiger partial charge in [0.25, 0.3) is 0 Å². The Labute approximate surface area is 195 Å². The first-order valence-electron chi connectivity index (χ1n) is 10.7. The Balaban J connectivity index is 1.73. The topological polar surface area (TPSA) is 34.1 Å². The molecule has 4 rings (SSSR count). The lowest BCUT2D eigenvalue weighted by Gasteiger charge is -2.19. The summed E-state index contributed by atoms with van der Waals surface area (Å²) in [5.74, 6) is 1.64. The predicted molar refractivity (Wildman–Crippen MR) is 137 cm³/mol. The molecular weight excluding hydrogens is 408 g/mol. The molecule has 0 N–H and O–H groups in total. The third-order valence-corrected chi connectivity index (χ3v) is 5.23. The molecule has 0 bridgehead atoms. The molecule has 164 valence electrons. The molecule has 0 saturated carbocycles. The average molecular weight is 435 g/mol. The maximum atomic E-state index is 5.33. The Kier molecular flexibility index (Phi) is 7.18. The van der Waals surface area contributed by atoms with Crippen molar-refractivity contribution in [3.8, 4) is 11.5 Å². The molecule has 0 fully saturated rings. The van der Waals surface area contributed by atoms with Crippen LogP contribution in [-0.2, 0) is 0 Å². The molecule has 0 heterocycles. The zero-order chi connectivity index (χ0) is 22.9. The largest absolute Gasteiger partial charge is 0.497 e. The van der Waals surface area contributed by atoms with Gasteiger partial charge in [0, 0.05) is 6.21 Å². The van der Waals surface area contributed by atoms with Crippen LogP contribution in [0.25, 0.3) is 5.57 Å². The first kappa shape index (κ1) is 21.9. The van der Waals surface area contributed by atoms with Crippen LogP contribution in [0.3, 0.4) is 0 Å². The highest BCUT2D eigenvalue weighted by atomic mass is 16.5. The van der Waals surface area contributed by atoms with Gasteiger partial charge in [0.05, 0.1) is 25.6 Å². The molecule has 0 amide bonds. The Morgan fingerprint density at radius 1 is 0.606 bits per heavy atom. The lowest BCUT2D eigenvalue weighted by molar-refractivity contribution is 0.414. The number of ether oxygens (including phenoxy) is 2. The summed E-state index contributed by atoms with van der Waals surface area (Å²) in [7, 11) is 3.34. The normalized spacial score (nSPS) is 10.6. The summed E-state index contributed by atoms with van der Waals surface area (Å²) in [5.41, 5.74) is 5.16. The van der Waals surface area contributed by atoms with E-state index >= 15 is 0 Å². The molecule has 4 aromatic rings. The molecule has 0 unspecified atom stereocenters. The molecule has 0 aliphatic carbocycles. The van der Waals surface area contributed by atoms with Crippen LogP contribution in [0.4, 0.5) is 11.4 Å². The first-order chi connectivity index (χ1) is 16.3. The number of nitrogens with zero attached hydrogens (tertiary/aromatic N) is 2. The van der Waals surface area contributed by atoms with Gasteiger partial charge in [-0.25, -0.2) is 5.01 Å². The molecule has 0 aliphatic rings. The standard InChI is InChI=1S/C29H26N2O2/c1-32-27-17-13-23(14-18-27)29(24-15-19-28(33-2)20-16-24)21-22-30-31(25-9-5-3-6-10-25)26-11-7-4-8-12-26/h3-22H,1-2H3/b30-22+. The van der Waals surface area contributed by atoms with E-state index in [0.29, 0.717) is 0 Å². The van der Waals surface area contributed by atoms with Crippen LogP contribution in [-0.4, -0.2) is 20.4 Å². The number of hydrogen-bond donors (Lipinski definition) is 0. The van der Waals surface area contributed by atoms with Crippen molar-refractivity contribution in [1.82, 2.24) is 0 Å². The van der Waals surface area contributed by atoms with Crippen molar-refractivity contribution in [3.63, 3.8) is 0 Å². The average Bonchev–Trinajstić information content (AvgIpc) is 2.90.